The van der Waals surface area contributed by atoms with E-state index in [9.17, 15) is 14.4 Å². The Morgan fingerprint density at radius 3 is 1.86 bits per heavy atom. The zero-order valence-electron chi connectivity index (χ0n) is 12.4. The quantitative estimate of drug-likeness (QED) is 0.239. The van der Waals surface area contributed by atoms with E-state index in [4.69, 9.17) is 0 Å². The fraction of sp³-hybridized carbons (Fsp3) is 0.786. The van der Waals surface area contributed by atoms with Crippen molar-refractivity contribution in [2.45, 2.75) is 57.8 Å². The number of nitrogens with two attached hydrogens (primary N) is 2. The van der Waals surface area contributed by atoms with E-state index < -0.39 is 11.8 Å². The van der Waals surface area contributed by atoms with Gasteiger partial charge in [-0.1, -0.05) is 25.7 Å². The summed E-state index contributed by atoms with van der Waals surface area (Å²) < 4.78 is 0. The Morgan fingerprint density at radius 1 is 0.857 bits per heavy atom. The number of rotatable bonds is 1. The van der Waals surface area contributed by atoms with Gasteiger partial charge in [0, 0.05) is 12.3 Å². The number of carbonyl (C=O) groups is 3. The zero-order chi connectivity index (χ0) is 15.7. The first-order valence-corrected chi connectivity index (χ1v) is 7.64. The van der Waals surface area contributed by atoms with E-state index in [1.807, 2.05) is 0 Å². The van der Waals surface area contributed by atoms with Crippen LogP contribution < -0.4 is 22.5 Å². The second-order valence-corrected chi connectivity index (χ2v) is 5.66. The van der Waals surface area contributed by atoms with Crippen molar-refractivity contribution in [2.24, 2.45) is 23.5 Å². The average Bonchev–Trinajstić information content (AvgIpc) is 2.55. The monoisotopic (exact) mass is 298 g/mol. The van der Waals surface area contributed by atoms with Crippen LogP contribution in [0.5, 0.6) is 0 Å². The van der Waals surface area contributed by atoms with E-state index in [0.29, 0.717) is 11.7 Å². The highest BCUT2D eigenvalue weighted by molar-refractivity contribution is 6.34. The van der Waals surface area contributed by atoms with Gasteiger partial charge in [-0.05, 0) is 31.6 Å². The summed E-state index contributed by atoms with van der Waals surface area (Å²) in [5.41, 5.74) is 3.17. The molecule has 2 aliphatic rings. The lowest BCUT2D eigenvalue weighted by molar-refractivity contribution is -0.139. The maximum atomic E-state index is 11.7. The molecule has 2 rings (SSSR count). The predicted molar refractivity (Wildman–Crippen MR) is 78.2 cm³/mol. The van der Waals surface area contributed by atoms with Crippen LogP contribution in [0.1, 0.15) is 57.8 Å². The molecule has 7 heteroatoms. The summed E-state index contributed by atoms with van der Waals surface area (Å²) in [4.78, 5) is 31.7. The minimum absolute atomic E-state index is 0.467. The third-order valence-corrected chi connectivity index (χ3v) is 4.29. The number of carbonyl (C=O) groups excluding carboxylic acids is 3. The van der Waals surface area contributed by atoms with Crippen LogP contribution in [0.4, 0.5) is 0 Å². The van der Waals surface area contributed by atoms with Crippen LogP contribution in [0.25, 0.3) is 0 Å². The van der Waals surface area contributed by atoms with Gasteiger partial charge in [0.2, 0.25) is 0 Å². The Balaban J connectivity index is 0.000000240. The molecule has 1 unspecified atom stereocenters. The molecule has 0 heterocycles. The Bertz CT molecular complexity index is 353. The third-order valence-electron chi connectivity index (χ3n) is 4.29. The summed E-state index contributed by atoms with van der Waals surface area (Å²) in [6, 6.07) is 0. The highest BCUT2D eigenvalue weighted by atomic mass is 16.2. The topological polar surface area (TPSA) is 127 Å². The summed E-state index contributed by atoms with van der Waals surface area (Å²) in [6.07, 6.45) is 11.3. The van der Waals surface area contributed by atoms with Crippen molar-refractivity contribution in [1.82, 2.24) is 10.9 Å². The minimum atomic E-state index is -0.965. The van der Waals surface area contributed by atoms with E-state index in [-0.39, 0.29) is 0 Å². The van der Waals surface area contributed by atoms with Crippen molar-refractivity contribution >= 4 is 17.6 Å². The maximum Gasteiger partial charge on any atom is 0.324 e. The molecule has 0 aromatic heterocycles. The van der Waals surface area contributed by atoms with Gasteiger partial charge in [-0.2, -0.15) is 0 Å². The number of hydrogen-bond donors (Lipinski definition) is 4. The van der Waals surface area contributed by atoms with E-state index in [0.717, 1.165) is 18.8 Å². The van der Waals surface area contributed by atoms with Crippen molar-refractivity contribution in [3.63, 3.8) is 0 Å². The molecule has 7 nitrogen and oxygen atoms in total. The van der Waals surface area contributed by atoms with Crippen LogP contribution in [-0.4, -0.2) is 17.6 Å². The van der Waals surface area contributed by atoms with Crippen LogP contribution in [0.3, 0.4) is 0 Å². The Hall–Kier alpha value is -1.47. The first-order valence-electron chi connectivity index (χ1n) is 7.64. The third kappa shape index (κ3) is 5.81. The predicted octanol–water partition coefficient (Wildman–Crippen LogP) is 0.292. The Morgan fingerprint density at radius 2 is 1.38 bits per heavy atom. The molecule has 1 atom stereocenters. The molecular weight excluding hydrogens is 272 g/mol. The normalized spacial score (nSPS) is 22.8. The highest BCUT2D eigenvalue weighted by Crippen LogP contribution is 2.36. The molecule has 2 aliphatic carbocycles. The average molecular weight is 298 g/mol. The van der Waals surface area contributed by atoms with Gasteiger partial charge < -0.3 is 0 Å². The Kier molecular flexibility index (Phi) is 7.92. The van der Waals surface area contributed by atoms with Gasteiger partial charge in [0.15, 0.2) is 0 Å². The number of ketones is 1. The maximum absolute atomic E-state index is 11.7. The summed E-state index contributed by atoms with van der Waals surface area (Å²) in [5, 5.41) is 0. The smallest absolute Gasteiger partial charge is 0.299 e. The van der Waals surface area contributed by atoms with Gasteiger partial charge >= 0.3 is 11.8 Å². The van der Waals surface area contributed by atoms with Crippen molar-refractivity contribution in [1.29, 1.82) is 0 Å². The molecule has 0 spiro atoms. The van der Waals surface area contributed by atoms with Crippen molar-refractivity contribution in [3.8, 4) is 0 Å². The van der Waals surface area contributed by atoms with Crippen molar-refractivity contribution < 1.29 is 14.4 Å². The molecule has 2 saturated carbocycles. The molecular formula is C14H26N4O3. The molecule has 0 bridgehead atoms. The summed E-state index contributed by atoms with van der Waals surface area (Å²) in [6.45, 7) is 0. The number of amides is 2. The van der Waals surface area contributed by atoms with Crippen LogP contribution in [0.15, 0.2) is 0 Å². The molecule has 21 heavy (non-hydrogen) atoms. The van der Waals surface area contributed by atoms with Crippen LogP contribution in [0, 0.1) is 11.8 Å². The number of Topliss-reactive ketones (excluding diaryl/α,β-unsaturated/α-hetero) is 1. The van der Waals surface area contributed by atoms with Gasteiger partial charge in [0.1, 0.15) is 5.78 Å². The molecule has 6 N–H and O–H groups in total. The molecule has 2 fully saturated rings. The number of hydrazine groups is 2. The number of hydrogen-bond acceptors (Lipinski definition) is 5. The largest absolute Gasteiger partial charge is 0.324 e. The molecule has 2 amide bonds. The fourth-order valence-corrected chi connectivity index (χ4v) is 3.18. The van der Waals surface area contributed by atoms with E-state index in [1.54, 1.807) is 10.9 Å². The Labute approximate surface area is 125 Å². The fourth-order valence-electron chi connectivity index (χ4n) is 3.18. The first kappa shape index (κ1) is 17.6. The van der Waals surface area contributed by atoms with E-state index in [1.165, 1.54) is 44.9 Å². The van der Waals surface area contributed by atoms with Crippen molar-refractivity contribution in [2.75, 3.05) is 0 Å². The highest BCUT2D eigenvalue weighted by Gasteiger charge is 2.30. The summed E-state index contributed by atoms with van der Waals surface area (Å²) >= 11 is 0. The van der Waals surface area contributed by atoms with Crippen LogP contribution in [0.2, 0.25) is 0 Å². The first-order chi connectivity index (χ1) is 10.1. The molecule has 120 valence electrons. The van der Waals surface area contributed by atoms with Gasteiger partial charge in [0.05, 0.1) is 0 Å². The number of nitrogens with one attached hydrogen (secondary N) is 2. The van der Waals surface area contributed by atoms with Crippen molar-refractivity contribution in [3.05, 3.63) is 0 Å². The van der Waals surface area contributed by atoms with Gasteiger partial charge in [-0.15, -0.1) is 0 Å². The second-order valence-electron chi connectivity index (χ2n) is 5.66. The SMILES string of the molecule is NNC(=O)C(=O)NN.O=C1CCCCC1C1CCCCC1. The summed E-state index contributed by atoms with van der Waals surface area (Å²) in [5.74, 6) is 8.95. The lowest BCUT2D eigenvalue weighted by atomic mass is 9.73. The standard InChI is InChI=1S/C12H20O.C2H6N4O2/c13-12-9-5-4-8-11(12)10-6-2-1-3-7-10;3-5-1(7)2(8)6-4/h10-11H,1-9H2;3-4H2,(H,5,7)(H,6,8). The van der Waals surface area contributed by atoms with Crippen LogP contribution in [-0.2, 0) is 14.4 Å². The second kappa shape index (κ2) is 9.46. The minimum Gasteiger partial charge on any atom is -0.299 e. The molecule has 0 aromatic rings. The summed E-state index contributed by atoms with van der Waals surface area (Å²) in [7, 11) is 0. The lowest BCUT2D eigenvalue weighted by Gasteiger charge is -2.31. The molecule has 0 aliphatic heterocycles. The van der Waals surface area contributed by atoms with Crippen LogP contribution >= 0.6 is 0 Å². The molecule has 0 radical (unpaired) electrons. The zero-order valence-corrected chi connectivity index (χ0v) is 12.4. The van der Waals surface area contributed by atoms with Gasteiger partial charge in [-0.25, -0.2) is 11.7 Å². The molecule has 0 saturated heterocycles. The van der Waals surface area contributed by atoms with Gasteiger partial charge in [0.25, 0.3) is 0 Å². The van der Waals surface area contributed by atoms with E-state index >= 15 is 0 Å². The van der Waals surface area contributed by atoms with E-state index in [2.05, 4.69) is 11.7 Å². The lowest BCUT2D eigenvalue weighted by Crippen LogP contribution is -2.45. The van der Waals surface area contributed by atoms with Gasteiger partial charge in [-0.3, -0.25) is 25.2 Å². The molecule has 0 aromatic carbocycles.